The lowest BCUT2D eigenvalue weighted by Gasteiger charge is -2.11. The van der Waals surface area contributed by atoms with Crippen molar-refractivity contribution in [2.75, 3.05) is 0 Å². The van der Waals surface area contributed by atoms with Crippen LogP contribution in [0.5, 0.6) is 0 Å². The number of nitrogens with one attached hydrogen (secondary N) is 1. The third-order valence-corrected chi connectivity index (χ3v) is 3.46. The van der Waals surface area contributed by atoms with Gasteiger partial charge in [-0.1, -0.05) is 32.0 Å². The highest BCUT2D eigenvalue weighted by atomic mass is 32.1. The smallest absolute Gasteiger partial charge is 0.284 e. The Balaban J connectivity index is 2.38. The average molecular weight is 285 g/mol. The fraction of sp³-hybridized carbons (Fsp3) is 0.267. The number of H-pyrrole nitrogens is 1. The van der Waals surface area contributed by atoms with Crippen molar-refractivity contribution in [1.82, 2.24) is 15.2 Å². The number of fused-ring (bicyclic) bond motifs is 1. The van der Waals surface area contributed by atoms with E-state index in [1.54, 1.807) is 0 Å². The summed E-state index contributed by atoms with van der Waals surface area (Å²) < 4.78 is 5.45. The normalized spacial score (nSPS) is 11.4. The lowest BCUT2D eigenvalue weighted by Crippen LogP contribution is -1.95. The summed E-state index contributed by atoms with van der Waals surface area (Å²) in [4.78, 5) is 4.96. The zero-order valence-electron chi connectivity index (χ0n) is 11.6. The number of benzene rings is 1. The molecule has 0 bridgehead atoms. The van der Waals surface area contributed by atoms with Crippen molar-refractivity contribution in [3.63, 3.8) is 0 Å². The lowest BCUT2D eigenvalue weighted by atomic mass is 9.97. The zero-order chi connectivity index (χ0) is 14.3. The van der Waals surface area contributed by atoms with Crippen LogP contribution in [0.25, 0.3) is 22.4 Å². The van der Waals surface area contributed by atoms with E-state index in [-0.39, 0.29) is 4.84 Å². The first kappa shape index (κ1) is 13.0. The number of para-hydroxylation sites is 1. The van der Waals surface area contributed by atoms with E-state index in [0.717, 1.165) is 22.2 Å². The summed E-state index contributed by atoms with van der Waals surface area (Å²) in [6.45, 7) is 6.30. The molecule has 0 saturated heterocycles. The molecule has 0 amide bonds. The lowest BCUT2D eigenvalue weighted by molar-refractivity contribution is 0.552. The number of aromatic amines is 1. The molecule has 3 aromatic rings. The molecule has 0 aliphatic rings. The predicted molar refractivity (Wildman–Crippen MR) is 81.3 cm³/mol. The summed E-state index contributed by atoms with van der Waals surface area (Å²) in [7, 11) is 0. The Morgan fingerprint density at radius 1 is 1.30 bits per heavy atom. The minimum Gasteiger partial charge on any atom is -0.409 e. The van der Waals surface area contributed by atoms with E-state index in [0.29, 0.717) is 11.8 Å². The molecule has 4 nitrogen and oxygen atoms in total. The van der Waals surface area contributed by atoms with Crippen LogP contribution in [0.1, 0.15) is 31.0 Å². The molecule has 5 heteroatoms. The number of rotatable bonds is 2. The monoisotopic (exact) mass is 285 g/mol. The van der Waals surface area contributed by atoms with Gasteiger partial charge in [-0.2, -0.15) is 0 Å². The van der Waals surface area contributed by atoms with Gasteiger partial charge in [0.25, 0.3) is 4.84 Å². The van der Waals surface area contributed by atoms with Gasteiger partial charge in [-0.05, 0) is 36.7 Å². The maximum Gasteiger partial charge on any atom is 0.284 e. The number of hydrogen-bond donors (Lipinski definition) is 1. The second-order valence-corrected chi connectivity index (χ2v) is 5.50. The standard InChI is InChI=1S/C15H15N3OS/c1-8(2)10-5-4-6-11-12(7-9(3)16-13(10)11)14-17-18-15(20)19-14/h4-8H,1-3H3,(H,18,20). The number of aryl methyl sites for hydroxylation is 1. The van der Waals surface area contributed by atoms with Crippen LogP contribution in [0.15, 0.2) is 28.7 Å². The van der Waals surface area contributed by atoms with Crippen LogP contribution in [-0.2, 0) is 0 Å². The predicted octanol–water partition coefficient (Wildman–Crippen LogP) is 4.38. The molecule has 0 aliphatic carbocycles. The Morgan fingerprint density at radius 3 is 2.75 bits per heavy atom. The van der Waals surface area contributed by atoms with E-state index >= 15 is 0 Å². The minimum atomic E-state index is 0.280. The second-order valence-electron chi connectivity index (χ2n) is 5.13. The molecule has 0 atom stereocenters. The van der Waals surface area contributed by atoms with Crippen molar-refractivity contribution in [3.8, 4) is 11.5 Å². The molecule has 0 radical (unpaired) electrons. The van der Waals surface area contributed by atoms with Gasteiger partial charge in [0.15, 0.2) is 0 Å². The van der Waals surface area contributed by atoms with Crippen molar-refractivity contribution in [3.05, 3.63) is 40.4 Å². The molecule has 0 fully saturated rings. The Morgan fingerprint density at radius 2 is 2.10 bits per heavy atom. The summed E-state index contributed by atoms with van der Waals surface area (Å²) in [5.74, 6) is 0.915. The van der Waals surface area contributed by atoms with Gasteiger partial charge < -0.3 is 4.42 Å². The van der Waals surface area contributed by atoms with Gasteiger partial charge in [-0.25, -0.2) is 5.10 Å². The summed E-state index contributed by atoms with van der Waals surface area (Å²) in [5.41, 5.74) is 4.08. The Labute approximate surface area is 121 Å². The first-order valence-corrected chi connectivity index (χ1v) is 6.93. The van der Waals surface area contributed by atoms with Gasteiger partial charge in [0.1, 0.15) is 0 Å². The maximum absolute atomic E-state index is 5.45. The second kappa shape index (κ2) is 4.83. The van der Waals surface area contributed by atoms with Gasteiger partial charge in [0, 0.05) is 16.6 Å². The van der Waals surface area contributed by atoms with E-state index < -0.39 is 0 Å². The van der Waals surface area contributed by atoms with Gasteiger partial charge in [-0.3, -0.25) is 4.98 Å². The van der Waals surface area contributed by atoms with Crippen LogP contribution >= 0.6 is 12.2 Å². The average Bonchev–Trinajstić information content (AvgIpc) is 2.83. The highest BCUT2D eigenvalue weighted by Gasteiger charge is 2.14. The quantitative estimate of drug-likeness (QED) is 0.710. The molecule has 0 unspecified atom stereocenters. The van der Waals surface area contributed by atoms with E-state index in [9.17, 15) is 0 Å². The molecule has 2 heterocycles. The molecule has 0 aliphatic heterocycles. The minimum absolute atomic E-state index is 0.280. The first-order valence-electron chi connectivity index (χ1n) is 6.52. The number of hydrogen-bond acceptors (Lipinski definition) is 4. The fourth-order valence-electron chi connectivity index (χ4n) is 2.39. The third-order valence-electron chi connectivity index (χ3n) is 3.29. The number of aromatic nitrogens is 3. The van der Waals surface area contributed by atoms with Crippen molar-refractivity contribution >= 4 is 23.1 Å². The first-order chi connectivity index (χ1) is 9.56. The molecular formula is C15H15N3OS. The summed E-state index contributed by atoms with van der Waals surface area (Å²) in [5, 5.41) is 7.83. The molecule has 20 heavy (non-hydrogen) atoms. The molecule has 1 aromatic carbocycles. The summed E-state index contributed by atoms with van der Waals surface area (Å²) in [6, 6.07) is 8.17. The fourth-order valence-corrected chi connectivity index (χ4v) is 2.51. The zero-order valence-corrected chi connectivity index (χ0v) is 12.4. The molecule has 1 N–H and O–H groups in total. The Kier molecular flexibility index (Phi) is 3.14. The third kappa shape index (κ3) is 2.14. The van der Waals surface area contributed by atoms with Gasteiger partial charge in [0.05, 0.1) is 5.52 Å². The Hall–Kier alpha value is -2.01. The molecule has 2 aromatic heterocycles. The highest BCUT2D eigenvalue weighted by molar-refractivity contribution is 7.71. The van der Waals surface area contributed by atoms with Crippen molar-refractivity contribution < 1.29 is 4.42 Å². The SMILES string of the molecule is Cc1cc(-c2n[nH]c(=S)o2)c2cccc(C(C)C)c2n1. The largest absolute Gasteiger partial charge is 0.409 e. The molecule has 102 valence electrons. The van der Waals surface area contributed by atoms with Crippen LogP contribution in [-0.4, -0.2) is 15.2 Å². The van der Waals surface area contributed by atoms with Crippen LogP contribution in [0, 0.1) is 11.8 Å². The Bertz CT molecular complexity index is 832. The van der Waals surface area contributed by atoms with Crippen LogP contribution in [0.3, 0.4) is 0 Å². The van der Waals surface area contributed by atoms with Gasteiger partial charge >= 0.3 is 0 Å². The van der Waals surface area contributed by atoms with E-state index in [1.165, 1.54) is 5.56 Å². The van der Waals surface area contributed by atoms with Crippen molar-refractivity contribution in [2.45, 2.75) is 26.7 Å². The van der Waals surface area contributed by atoms with E-state index in [1.807, 2.05) is 25.1 Å². The van der Waals surface area contributed by atoms with E-state index in [4.69, 9.17) is 16.6 Å². The van der Waals surface area contributed by atoms with Crippen LogP contribution in [0.4, 0.5) is 0 Å². The molecular weight excluding hydrogens is 270 g/mol. The van der Waals surface area contributed by atoms with Gasteiger partial charge in [-0.15, -0.1) is 5.10 Å². The summed E-state index contributed by atoms with van der Waals surface area (Å²) >= 11 is 4.96. The number of nitrogens with zero attached hydrogens (tertiary/aromatic N) is 2. The topological polar surface area (TPSA) is 54.7 Å². The molecule has 3 rings (SSSR count). The van der Waals surface area contributed by atoms with Crippen LogP contribution in [0.2, 0.25) is 0 Å². The molecule has 0 spiro atoms. The van der Waals surface area contributed by atoms with E-state index in [2.05, 4.69) is 35.1 Å². The summed E-state index contributed by atoms with van der Waals surface area (Å²) in [6.07, 6.45) is 0. The van der Waals surface area contributed by atoms with Crippen molar-refractivity contribution in [1.29, 1.82) is 0 Å². The van der Waals surface area contributed by atoms with Crippen molar-refractivity contribution in [2.24, 2.45) is 0 Å². The number of pyridine rings is 1. The van der Waals surface area contributed by atoms with Gasteiger partial charge in [0.2, 0.25) is 5.89 Å². The highest BCUT2D eigenvalue weighted by Crippen LogP contribution is 2.31. The van der Waals surface area contributed by atoms with Crippen LogP contribution < -0.4 is 0 Å². The maximum atomic E-state index is 5.45. The molecule has 0 saturated carbocycles.